The first-order valence-corrected chi connectivity index (χ1v) is 14.0. The van der Waals surface area contributed by atoms with Crippen LogP contribution >= 0.6 is 11.8 Å². The molecule has 4 rings (SSSR count). The number of nitrogens with one attached hydrogen (secondary N) is 1. The Hall–Kier alpha value is -3.30. The van der Waals surface area contributed by atoms with Crippen molar-refractivity contribution < 1.29 is 33.6 Å². The zero-order valence-electron chi connectivity index (χ0n) is 22.6. The maximum Gasteiger partial charge on any atom is 1.00 e. The van der Waals surface area contributed by atoms with Crippen LogP contribution in [-0.2, 0) is 17.6 Å². The average molecular weight is 531 g/mol. The number of carbonyl (C=O) groups excluding carboxylic acids is 2. The molecule has 0 aliphatic carbocycles. The van der Waals surface area contributed by atoms with Crippen LogP contribution in [0.2, 0.25) is 0 Å². The van der Waals surface area contributed by atoms with Crippen molar-refractivity contribution >= 4 is 23.6 Å². The van der Waals surface area contributed by atoms with E-state index in [2.05, 4.69) is 22.4 Å². The number of hydrogen-bond acceptors (Lipinski definition) is 5. The fourth-order valence-electron chi connectivity index (χ4n) is 4.57. The predicted molar refractivity (Wildman–Crippen MR) is 153 cm³/mol. The summed E-state index contributed by atoms with van der Waals surface area (Å²) in [6.07, 6.45) is 7.50. The maximum absolute atomic E-state index is 13.3. The van der Waals surface area contributed by atoms with Crippen LogP contribution in [0.15, 0.2) is 91.3 Å². The van der Waals surface area contributed by atoms with E-state index in [0.717, 1.165) is 51.8 Å². The second-order valence-electron chi connectivity index (χ2n) is 9.22. The van der Waals surface area contributed by atoms with Crippen molar-refractivity contribution in [2.24, 2.45) is 0 Å². The Morgan fingerprint density at radius 3 is 2.38 bits per heavy atom. The molecule has 1 amide bonds. The summed E-state index contributed by atoms with van der Waals surface area (Å²) in [4.78, 5) is 29.3. The number of carboxylic acids is 1. The summed E-state index contributed by atoms with van der Waals surface area (Å²) in [6, 6.07) is 25.0. The molecular formula is C32H31LiN2O3S. The van der Waals surface area contributed by atoms with E-state index in [1.807, 2.05) is 86.2 Å². The molecule has 1 atom stereocenters. The van der Waals surface area contributed by atoms with E-state index < -0.39 is 17.9 Å². The summed E-state index contributed by atoms with van der Waals surface area (Å²) < 4.78 is 0. The average Bonchev–Trinajstić information content (AvgIpc) is 2.94. The Bertz CT molecular complexity index is 1410. The monoisotopic (exact) mass is 530 g/mol. The van der Waals surface area contributed by atoms with Gasteiger partial charge in [0, 0.05) is 18.0 Å². The van der Waals surface area contributed by atoms with Crippen molar-refractivity contribution in [3.63, 3.8) is 0 Å². The van der Waals surface area contributed by atoms with Gasteiger partial charge in [0.25, 0.3) is 5.91 Å². The van der Waals surface area contributed by atoms with Crippen molar-refractivity contribution in [2.75, 3.05) is 12.0 Å². The van der Waals surface area contributed by atoms with Gasteiger partial charge in [0.15, 0.2) is 0 Å². The summed E-state index contributed by atoms with van der Waals surface area (Å²) in [6.45, 7) is 2.01. The minimum atomic E-state index is -1.27. The van der Waals surface area contributed by atoms with Crippen molar-refractivity contribution in [3.8, 4) is 22.3 Å². The van der Waals surface area contributed by atoms with E-state index in [-0.39, 0.29) is 18.9 Å². The van der Waals surface area contributed by atoms with E-state index in [1.165, 1.54) is 11.8 Å². The molecule has 0 fully saturated rings. The molecule has 0 spiro atoms. The third kappa shape index (κ3) is 7.86. The Kier molecular flexibility index (Phi) is 11.4. The number of aliphatic carboxylic acids is 1. The molecule has 0 bridgehead atoms. The summed E-state index contributed by atoms with van der Waals surface area (Å²) in [5, 5.41) is 14.3. The molecule has 5 nitrogen and oxygen atoms in total. The zero-order valence-corrected chi connectivity index (χ0v) is 23.5. The minimum Gasteiger partial charge on any atom is -0.548 e. The summed E-state index contributed by atoms with van der Waals surface area (Å²) >= 11 is 1.53. The molecule has 0 aliphatic heterocycles. The number of aromatic nitrogens is 1. The van der Waals surface area contributed by atoms with Gasteiger partial charge in [-0.05, 0) is 89.3 Å². The van der Waals surface area contributed by atoms with Crippen molar-refractivity contribution in [1.29, 1.82) is 0 Å². The van der Waals surface area contributed by atoms with E-state index in [1.54, 1.807) is 6.07 Å². The van der Waals surface area contributed by atoms with Crippen LogP contribution in [0.5, 0.6) is 0 Å². The molecular weight excluding hydrogens is 499 g/mol. The van der Waals surface area contributed by atoms with E-state index >= 15 is 0 Å². The van der Waals surface area contributed by atoms with Gasteiger partial charge < -0.3 is 15.2 Å². The van der Waals surface area contributed by atoms with Gasteiger partial charge in [-0.1, -0.05) is 66.7 Å². The topological polar surface area (TPSA) is 82.1 Å². The fraction of sp³-hybridized carbons (Fsp3) is 0.219. The molecule has 3 aromatic carbocycles. The quantitative estimate of drug-likeness (QED) is 0.301. The van der Waals surface area contributed by atoms with Crippen LogP contribution in [0.4, 0.5) is 0 Å². The molecule has 0 aliphatic rings. The Labute approximate surface area is 246 Å². The van der Waals surface area contributed by atoms with Gasteiger partial charge in [0.1, 0.15) is 0 Å². The Morgan fingerprint density at radius 1 is 0.923 bits per heavy atom. The first-order chi connectivity index (χ1) is 18.5. The van der Waals surface area contributed by atoms with E-state index in [0.29, 0.717) is 17.7 Å². The van der Waals surface area contributed by atoms with Crippen LogP contribution in [0.1, 0.15) is 33.5 Å². The number of benzene rings is 3. The number of hydrogen-bond donors (Lipinski definition) is 1. The van der Waals surface area contributed by atoms with Crippen LogP contribution in [-0.4, -0.2) is 34.9 Å². The molecule has 0 saturated heterocycles. The van der Waals surface area contributed by atoms with Gasteiger partial charge in [-0.15, -0.1) is 0 Å². The molecule has 1 aromatic heterocycles. The van der Waals surface area contributed by atoms with Gasteiger partial charge in [0.05, 0.1) is 12.0 Å². The fourth-order valence-corrected chi connectivity index (χ4v) is 5.04. The van der Waals surface area contributed by atoms with Crippen molar-refractivity contribution in [1.82, 2.24) is 10.3 Å². The molecule has 39 heavy (non-hydrogen) atoms. The van der Waals surface area contributed by atoms with Crippen LogP contribution in [0.3, 0.4) is 0 Å². The second-order valence-corrected chi connectivity index (χ2v) is 10.2. The summed E-state index contributed by atoms with van der Waals surface area (Å²) in [5.74, 6) is -1.07. The van der Waals surface area contributed by atoms with Crippen LogP contribution in [0.25, 0.3) is 22.3 Å². The maximum atomic E-state index is 13.3. The SMILES string of the molecule is CSCC[C@H](NC(=O)c1ccc(CCc2cnccc2-c2ccccc2)cc1-c1ccccc1C)C(=O)[O-].[Li+]. The molecule has 0 saturated carbocycles. The number of carboxylic acid groups (broad SMARTS) is 1. The second kappa shape index (κ2) is 14.7. The molecule has 0 radical (unpaired) electrons. The number of carbonyl (C=O) groups is 2. The number of nitrogens with zero attached hydrogens (tertiary/aromatic N) is 1. The van der Waals surface area contributed by atoms with Gasteiger partial charge >= 0.3 is 18.9 Å². The zero-order chi connectivity index (χ0) is 26.9. The number of rotatable bonds is 11. The standard InChI is InChI=1S/C32H32N2O3S.Li/c1-22-8-6-7-11-26(22)29-20-23(13-15-28(29)31(35)34-30(32(36)37)17-19-38-2)12-14-25-21-33-18-16-27(25)24-9-4-3-5-10-24;/h3-11,13,15-16,18,20-21,30H,12,14,17,19H2,1-2H3,(H,34,35)(H,36,37);/q;+1/p-1/t30-;/m0./s1. The first-order valence-electron chi connectivity index (χ1n) is 12.7. The Morgan fingerprint density at radius 2 is 1.67 bits per heavy atom. The van der Waals surface area contributed by atoms with Crippen molar-refractivity contribution in [3.05, 3.63) is 114 Å². The minimum absolute atomic E-state index is 0. The third-order valence-corrected chi connectivity index (χ3v) is 7.28. The van der Waals surface area contributed by atoms with E-state index in [4.69, 9.17) is 0 Å². The largest absolute Gasteiger partial charge is 1.00 e. The molecule has 1 heterocycles. The Balaban J connectivity index is 0.00000420. The number of pyridine rings is 1. The molecule has 0 unspecified atom stereocenters. The van der Waals surface area contributed by atoms with Crippen molar-refractivity contribution in [2.45, 2.75) is 32.2 Å². The molecule has 4 aromatic rings. The van der Waals surface area contributed by atoms with E-state index in [9.17, 15) is 14.7 Å². The molecule has 7 heteroatoms. The number of thioether (sulfide) groups is 1. The number of aryl methyl sites for hydroxylation is 3. The van der Waals surface area contributed by atoms with Gasteiger partial charge in [-0.25, -0.2) is 0 Å². The van der Waals surface area contributed by atoms with Crippen LogP contribution in [0, 0.1) is 6.92 Å². The van der Waals surface area contributed by atoms with Gasteiger partial charge in [-0.2, -0.15) is 11.8 Å². The summed E-state index contributed by atoms with van der Waals surface area (Å²) in [5.41, 5.74) is 7.77. The van der Waals surface area contributed by atoms with Gasteiger partial charge in [-0.3, -0.25) is 9.78 Å². The number of amides is 1. The normalized spacial score (nSPS) is 11.3. The predicted octanol–water partition coefficient (Wildman–Crippen LogP) is 2.11. The third-order valence-electron chi connectivity index (χ3n) is 6.64. The molecule has 194 valence electrons. The summed E-state index contributed by atoms with van der Waals surface area (Å²) in [7, 11) is 0. The van der Waals surface area contributed by atoms with Crippen LogP contribution < -0.4 is 29.3 Å². The molecule has 1 N–H and O–H groups in total. The first kappa shape index (κ1) is 30.2. The smallest absolute Gasteiger partial charge is 0.548 e. The van der Waals surface area contributed by atoms with Gasteiger partial charge in [0.2, 0.25) is 0 Å².